The molecule has 106 valence electrons. The van der Waals surface area contributed by atoms with Crippen molar-refractivity contribution in [1.82, 2.24) is 9.78 Å². The Morgan fingerprint density at radius 2 is 2.21 bits per heavy atom. The lowest BCUT2D eigenvalue weighted by molar-refractivity contribution is -0.119. The Balaban J connectivity index is 2.00. The van der Waals surface area contributed by atoms with Crippen LogP contribution in [0.1, 0.15) is 64.8 Å². The molecule has 0 saturated heterocycles. The number of nitrogens with one attached hydrogen (secondary N) is 1. The molecular weight excluding hydrogens is 238 g/mol. The van der Waals surface area contributed by atoms with Crippen molar-refractivity contribution >= 4 is 11.7 Å². The van der Waals surface area contributed by atoms with Crippen molar-refractivity contribution in [1.29, 1.82) is 0 Å². The van der Waals surface area contributed by atoms with Gasteiger partial charge in [-0.15, -0.1) is 0 Å². The molecule has 0 radical (unpaired) electrons. The molecule has 0 aromatic carbocycles. The summed E-state index contributed by atoms with van der Waals surface area (Å²) in [4.78, 5) is 12.1. The summed E-state index contributed by atoms with van der Waals surface area (Å²) >= 11 is 0. The van der Waals surface area contributed by atoms with E-state index in [1.54, 1.807) is 6.20 Å². The van der Waals surface area contributed by atoms with E-state index in [1.807, 2.05) is 17.7 Å². The van der Waals surface area contributed by atoms with Crippen LogP contribution in [0.2, 0.25) is 0 Å². The number of hydrogen-bond acceptors (Lipinski definition) is 2. The van der Waals surface area contributed by atoms with E-state index in [9.17, 15) is 4.79 Å². The van der Waals surface area contributed by atoms with Gasteiger partial charge in [-0.1, -0.05) is 39.5 Å². The summed E-state index contributed by atoms with van der Waals surface area (Å²) in [6.07, 6.45) is 9.97. The predicted octanol–water partition coefficient (Wildman–Crippen LogP) is 3.76. The zero-order chi connectivity index (χ0) is 13.7. The lowest BCUT2D eigenvalue weighted by Gasteiger charge is -2.24. The number of anilines is 1. The standard InChI is InChI=1S/C15H25N3O/c1-3-7-12(2)15(19)17-14-10-11-16-18(14)13-8-5-4-6-9-13/h10-13H,3-9H2,1-2H3,(H,17,19). The first kappa shape index (κ1) is 14.1. The molecule has 2 rings (SSSR count). The SMILES string of the molecule is CCCC(C)C(=O)Nc1ccnn1C1CCCCC1. The summed E-state index contributed by atoms with van der Waals surface area (Å²) in [6, 6.07) is 2.37. The Hall–Kier alpha value is -1.32. The van der Waals surface area contributed by atoms with Crippen LogP contribution >= 0.6 is 0 Å². The van der Waals surface area contributed by atoms with E-state index in [-0.39, 0.29) is 11.8 Å². The fourth-order valence-electron chi connectivity index (χ4n) is 2.84. The van der Waals surface area contributed by atoms with E-state index >= 15 is 0 Å². The molecule has 1 aliphatic carbocycles. The zero-order valence-corrected chi connectivity index (χ0v) is 12.1. The van der Waals surface area contributed by atoms with Crippen LogP contribution in [-0.2, 0) is 4.79 Å². The van der Waals surface area contributed by atoms with Crippen molar-refractivity contribution in [3.05, 3.63) is 12.3 Å². The molecule has 1 aromatic heterocycles. The third kappa shape index (κ3) is 3.58. The van der Waals surface area contributed by atoms with Crippen LogP contribution in [0.4, 0.5) is 5.82 Å². The highest BCUT2D eigenvalue weighted by atomic mass is 16.2. The first-order chi connectivity index (χ1) is 9.22. The Morgan fingerprint density at radius 1 is 1.47 bits per heavy atom. The van der Waals surface area contributed by atoms with Gasteiger partial charge in [-0.25, -0.2) is 4.68 Å². The maximum Gasteiger partial charge on any atom is 0.228 e. The Morgan fingerprint density at radius 3 is 2.89 bits per heavy atom. The maximum absolute atomic E-state index is 12.1. The summed E-state index contributed by atoms with van der Waals surface area (Å²) in [5.41, 5.74) is 0. The van der Waals surface area contributed by atoms with Gasteiger partial charge in [-0.05, 0) is 19.3 Å². The maximum atomic E-state index is 12.1. The highest BCUT2D eigenvalue weighted by molar-refractivity contribution is 5.91. The monoisotopic (exact) mass is 263 g/mol. The largest absolute Gasteiger partial charge is 0.311 e. The summed E-state index contributed by atoms with van der Waals surface area (Å²) in [6.45, 7) is 4.09. The fourth-order valence-corrected chi connectivity index (χ4v) is 2.84. The molecular formula is C15H25N3O. The van der Waals surface area contributed by atoms with Crippen LogP contribution in [0, 0.1) is 5.92 Å². The molecule has 1 aliphatic rings. The van der Waals surface area contributed by atoms with Crippen molar-refractivity contribution in [3.63, 3.8) is 0 Å². The normalized spacial score (nSPS) is 18.2. The van der Waals surface area contributed by atoms with Gasteiger partial charge in [0.1, 0.15) is 5.82 Å². The number of carbonyl (C=O) groups excluding carboxylic acids is 1. The van der Waals surface area contributed by atoms with Gasteiger partial charge in [-0.3, -0.25) is 4.79 Å². The van der Waals surface area contributed by atoms with E-state index < -0.39 is 0 Å². The second-order valence-corrected chi connectivity index (χ2v) is 5.63. The molecule has 1 saturated carbocycles. The second-order valence-electron chi connectivity index (χ2n) is 5.63. The van der Waals surface area contributed by atoms with Gasteiger partial charge in [0.2, 0.25) is 5.91 Å². The number of hydrogen-bond donors (Lipinski definition) is 1. The van der Waals surface area contributed by atoms with Crippen LogP contribution in [0.5, 0.6) is 0 Å². The van der Waals surface area contributed by atoms with E-state index in [0.717, 1.165) is 18.7 Å². The van der Waals surface area contributed by atoms with Gasteiger partial charge in [0, 0.05) is 12.0 Å². The van der Waals surface area contributed by atoms with Crippen molar-refractivity contribution < 1.29 is 4.79 Å². The molecule has 0 aliphatic heterocycles. The molecule has 1 atom stereocenters. The van der Waals surface area contributed by atoms with E-state index in [4.69, 9.17) is 0 Å². The molecule has 0 spiro atoms. The minimum absolute atomic E-state index is 0.0692. The summed E-state index contributed by atoms with van der Waals surface area (Å²) in [5.74, 6) is 1.04. The van der Waals surface area contributed by atoms with Crippen LogP contribution < -0.4 is 5.32 Å². The Kier molecular flexibility index (Phi) is 5.00. The fraction of sp³-hybridized carbons (Fsp3) is 0.733. The molecule has 1 fully saturated rings. The smallest absolute Gasteiger partial charge is 0.228 e. The van der Waals surface area contributed by atoms with Crippen LogP contribution in [0.15, 0.2) is 12.3 Å². The van der Waals surface area contributed by atoms with E-state index in [1.165, 1.54) is 32.1 Å². The highest BCUT2D eigenvalue weighted by Crippen LogP contribution is 2.30. The number of amides is 1. The highest BCUT2D eigenvalue weighted by Gasteiger charge is 2.20. The summed E-state index contributed by atoms with van der Waals surface area (Å²) in [5, 5.41) is 7.43. The Bertz CT molecular complexity index is 407. The van der Waals surface area contributed by atoms with Gasteiger partial charge in [0.15, 0.2) is 0 Å². The number of rotatable bonds is 5. The lowest BCUT2D eigenvalue weighted by atomic mass is 9.96. The molecule has 1 aromatic rings. The predicted molar refractivity (Wildman–Crippen MR) is 77.1 cm³/mol. The minimum Gasteiger partial charge on any atom is -0.311 e. The number of nitrogens with zero attached hydrogens (tertiary/aromatic N) is 2. The van der Waals surface area contributed by atoms with Crippen LogP contribution in [0.25, 0.3) is 0 Å². The lowest BCUT2D eigenvalue weighted by Crippen LogP contribution is -2.24. The molecule has 19 heavy (non-hydrogen) atoms. The van der Waals surface area contributed by atoms with Gasteiger partial charge >= 0.3 is 0 Å². The molecule has 0 bridgehead atoms. The van der Waals surface area contributed by atoms with Crippen LogP contribution in [0.3, 0.4) is 0 Å². The topological polar surface area (TPSA) is 46.9 Å². The number of carbonyl (C=O) groups is 1. The molecule has 1 N–H and O–H groups in total. The average Bonchev–Trinajstić information content (AvgIpc) is 2.88. The molecule has 4 heteroatoms. The molecule has 4 nitrogen and oxygen atoms in total. The van der Waals surface area contributed by atoms with E-state index in [2.05, 4.69) is 17.3 Å². The molecule has 1 heterocycles. The van der Waals surface area contributed by atoms with Crippen LogP contribution in [-0.4, -0.2) is 15.7 Å². The minimum atomic E-state index is 0.0692. The summed E-state index contributed by atoms with van der Waals surface area (Å²) in [7, 11) is 0. The average molecular weight is 263 g/mol. The van der Waals surface area contributed by atoms with Crippen molar-refractivity contribution in [2.75, 3.05) is 5.32 Å². The van der Waals surface area contributed by atoms with Gasteiger partial charge in [-0.2, -0.15) is 5.10 Å². The summed E-state index contributed by atoms with van der Waals surface area (Å²) < 4.78 is 2.01. The number of aromatic nitrogens is 2. The zero-order valence-electron chi connectivity index (χ0n) is 12.1. The van der Waals surface area contributed by atoms with Gasteiger partial charge < -0.3 is 5.32 Å². The molecule has 1 amide bonds. The Labute approximate surface area is 115 Å². The third-order valence-electron chi connectivity index (χ3n) is 4.01. The van der Waals surface area contributed by atoms with E-state index in [0.29, 0.717) is 6.04 Å². The molecule has 1 unspecified atom stereocenters. The first-order valence-corrected chi connectivity index (χ1v) is 7.56. The first-order valence-electron chi connectivity index (χ1n) is 7.56. The van der Waals surface area contributed by atoms with Gasteiger partial charge in [0.25, 0.3) is 0 Å². The quantitative estimate of drug-likeness (QED) is 0.879. The van der Waals surface area contributed by atoms with Crippen molar-refractivity contribution in [3.8, 4) is 0 Å². The van der Waals surface area contributed by atoms with Crippen molar-refractivity contribution in [2.45, 2.75) is 64.8 Å². The van der Waals surface area contributed by atoms with Gasteiger partial charge in [0.05, 0.1) is 12.2 Å². The second kappa shape index (κ2) is 6.73. The third-order valence-corrected chi connectivity index (χ3v) is 4.01. The van der Waals surface area contributed by atoms with Crippen molar-refractivity contribution in [2.24, 2.45) is 5.92 Å².